The Labute approximate surface area is 182 Å². The van der Waals surface area contributed by atoms with Crippen molar-refractivity contribution in [3.05, 3.63) is 54.1 Å². The minimum absolute atomic E-state index is 0.111. The van der Waals surface area contributed by atoms with E-state index in [1.165, 1.54) is 5.56 Å². The van der Waals surface area contributed by atoms with E-state index in [1.807, 2.05) is 54.4 Å². The van der Waals surface area contributed by atoms with E-state index in [0.29, 0.717) is 18.4 Å². The first-order valence-electron chi connectivity index (χ1n) is 10.7. The fraction of sp³-hybridized carbons (Fsp3) is 0.375. The lowest BCUT2D eigenvalue weighted by Gasteiger charge is -2.33. The molecule has 0 saturated carbocycles. The lowest BCUT2D eigenvalue weighted by molar-refractivity contribution is -0.122. The Balaban J connectivity index is 1.47. The van der Waals surface area contributed by atoms with E-state index >= 15 is 0 Å². The van der Waals surface area contributed by atoms with Crippen LogP contribution in [0.5, 0.6) is 5.75 Å². The summed E-state index contributed by atoms with van der Waals surface area (Å²) in [7, 11) is 3.50. The molecule has 162 valence electrons. The van der Waals surface area contributed by atoms with E-state index in [9.17, 15) is 4.79 Å². The van der Waals surface area contributed by atoms with E-state index < -0.39 is 0 Å². The standard InChI is InChI=1S/C24H28N4O3/c1-4-17-8-5-6-10-21(17)27(2)23(29)19-9-7-15-28(16-19)24-25-22(26-31-24)18-11-13-20(30-3)14-12-18/h5-6,8,10-14,19H,4,7,9,15-16H2,1-3H3/t19-/m0/s1. The zero-order chi connectivity index (χ0) is 21.8. The lowest BCUT2D eigenvalue weighted by Crippen LogP contribution is -2.44. The van der Waals surface area contributed by atoms with Crippen molar-refractivity contribution < 1.29 is 14.1 Å². The fourth-order valence-electron chi connectivity index (χ4n) is 4.08. The molecule has 0 radical (unpaired) electrons. The van der Waals surface area contributed by atoms with Crippen LogP contribution in [0.15, 0.2) is 53.1 Å². The third-order valence-corrected chi connectivity index (χ3v) is 5.87. The molecular weight excluding hydrogens is 392 g/mol. The fourth-order valence-corrected chi connectivity index (χ4v) is 4.08. The smallest absolute Gasteiger partial charge is 0.324 e. The van der Waals surface area contributed by atoms with Crippen molar-refractivity contribution in [2.45, 2.75) is 26.2 Å². The predicted molar refractivity (Wildman–Crippen MR) is 120 cm³/mol. The van der Waals surface area contributed by atoms with Gasteiger partial charge in [-0.3, -0.25) is 4.79 Å². The molecule has 1 aliphatic heterocycles. The molecule has 0 N–H and O–H groups in total. The van der Waals surface area contributed by atoms with Crippen molar-refractivity contribution in [3.8, 4) is 17.1 Å². The molecule has 1 atom stereocenters. The van der Waals surface area contributed by atoms with Crippen molar-refractivity contribution >= 4 is 17.6 Å². The minimum atomic E-state index is -0.111. The van der Waals surface area contributed by atoms with Crippen molar-refractivity contribution in [1.29, 1.82) is 0 Å². The first-order chi connectivity index (χ1) is 15.1. The molecule has 7 heteroatoms. The van der Waals surface area contributed by atoms with Gasteiger partial charge in [0.25, 0.3) is 0 Å². The molecule has 1 aliphatic rings. The summed E-state index contributed by atoms with van der Waals surface area (Å²) in [6.07, 6.45) is 2.65. The van der Waals surface area contributed by atoms with Gasteiger partial charge in [0.05, 0.1) is 13.0 Å². The van der Waals surface area contributed by atoms with Crippen LogP contribution in [-0.2, 0) is 11.2 Å². The summed E-state index contributed by atoms with van der Waals surface area (Å²) in [5, 5.41) is 4.13. The molecule has 31 heavy (non-hydrogen) atoms. The summed E-state index contributed by atoms with van der Waals surface area (Å²) in [5.41, 5.74) is 3.01. The van der Waals surface area contributed by atoms with Crippen molar-refractivity contribution in [2.75, 3.05) is 37.0 Å². The SMILES string of the molecule is CCc1ccccc1N(C)C(=O)[C@H]1CCCN(c2nc(-c3ccc(OC)cc3)no2)C1. The van der Waals surface area contributed by atoms with Crippen LogP contribution in [0.4, 0.5) is 11.7 Å². The molecule has 3 aromatic rings. The number of anilines is 2. The Morgan fingerprint density at radius 2 is 2.00 bits per heavy atom. The summed E-state index contributed by atoms with van der Waals surface area (Å²) in [4.78, 5) is 21.6. The number of para-hydroxylation sites is 1. The van der Waals surface area contributed by atoms with E-state index in [4.69, 9.17) is 9.26 Å². The van der Waals surface area contributed by atoms with Gasteiger partial charge in [0, 0.05) is 31.4 Å². The molecule has 1 fully saturated rings. The highest BCUT2D eigenvalue weighted by Gasteiger charge is 2.31. The third-order valence-electron chi connectivity index (χ3n) is 5.87. The quantitative estimate of drug-likeness (QED) is 0.596. The molecule has 0 unspecified atom stereocenters. The van der Waals surface area contributed by atoms with Crippen LogP contribution in [-0.4, -0.2) is 43.3 Å². The average Bonchev–Trinajstić information content (AvgIpc) is 3.33. The number of aromatic nitrogens is 2. The Morgan fingerprint density at radius 1 is 1.23 bits per heavy atom. The number of nitrogens with zero attached hydrogens (tertiary/aromatic N) is 4. The lowest BCUT2D eigenvalue weighted by atomic mass is 9.96. The molecule has 7 nitrogen and oxygen atoms in total. The van der Waals surface area contributed by atoms with Crippen LogP contribution < -0.4 is 14.5 Å². The summed E-state index contributed by atoms with van der Waals surface area (Å²) < 4.78 is 10.7. The first-order valence-corrected chi connectivity index (χ1v) is 10.7. The first kappa shape index (κ1) is 20.9. The van der Waals surface area contributed by atoms with Crippen LogP contribution in [0, 0.1) is 5.92 Å². The number of hydrogen-bond acceptors (Lipinski definition) is 6. The summed E-state index contributed by atoms with van der Waals surface area (Å²) in [6, 6.07) is 16.1. The highest BCUT2D eigenvalue weighted by atomic mass is 16.5. The molecular formula is C24H28N4O3. The van der Waals surface area contributed by atoms with Crippen molar-refractivity contribution in [3.63, 3.8) is 0 Å². The monoisotopic (exact) mass is 420 g/mol. The predicted octanol–water partition coefficient (Wildman–Crippen LogP) is 4.19. The van der Waals surface area contributed by atoms with Crippen LogP contribution in [0.3, 0.4) is 0 Å². The zero-order valence-electron chi connectivity index (χ0n) is 18.2. The van der Waals surface area contributed by atoms with Crippen LogP contribution in [0.1, 0.15) is 25.3 Å². The molecule has 1 amide bonds. The van der Waals surface area contributed by atoms with Gasteiger partial charge in [0.15, 0.2) is 0 Å². The minimum Gasteiger partial charge on any atom is -0.497 e. The van der Waals surface area contributed by atoms with Crippen molar-refractivity contribution in [2.24, 2.45) is 5.92 Å². The Hall–Kier alpha value is -3.35. The van der Waals surface area contributed by atoms with Gasteiger partial charge in [0.2, 0.25) is 11.7 Å². The Morgan fingerprint density at radius 3 is 2.74 bits per heavy atom. The maximum absolute atomic E-state index is 13.3. The van der Waals surface area contributed by atoms with Gasteiger partial charge in [-0.05, 0) is 55.2 Å². The number of benzene rings is 2. The number of carbonyl (C=O) groups is 1. The Bertz CT molecular complexity index is 1030. The molecule has 4 rings (SSSR count). The molecule has 2 aromatic carbocycles. The van der Waals surface area contributed by atoms with Crippen molar-refractivity contribution in [1.82, 2.24) is 10.1 Å². The number of hydrogen-bond donors (Lipinski definition) is 0. The summed E-state index contributed by atoms with van der Waals surface area (Å²) in [6.45, 7) is 3.47. The van der Waals surface area contributed by atoms with Crippen LogP contribution in [0.25, 0.3) is 11.4 Å². The largest absolute Gasteiger partial charge is 0.497 e. The third kappa shape index (κ3) is 4.40. The highest BCUT2D eigenvalue weighted by Crippen LogP contribution is 2.28. The summed E-state index contributed by atoms with van der Waals surface area (Å²) in [5.74, 6) is 1.32. The van der Waals surface area contributed by atoms with Gasteiger partial charge in [-0.15, -0.1) is 0 Å². The van der Waals surface area contributed by atoms with E-state index in [1.54, 1.807) is 12.0 Å². The highest BCUT2D eigenvalue weighted by molar-refractivity contribution is 5.95. The van der Waals surface area contributed by atoms with E-state index in [-0.39, 0.29) is 11.8 Å². The van der Waals surface area contributed by atoms with Gasteiger partial charge in [-0.2, -0.15) is 4.98 Å². The van der Waals surface area contributed by atoms with Gasteiger partial charge >= 0.3 is 6.01 Å². The molecule has 1 aromatic heterocycles. The zero-order valence-corrected chi connectivity index (χ0v) is 18.2. The van der Waals surface area contributed by atoms with Crippen LogP contribution >= 0.6 is 0 Å². The second-order valence-electron chi connectivity index (χ2n) is 7.79. The van der Waals surface area contributed by atoms with E-state index in [2.05, 4.69) is 23.1 Å². The van der Waals surface area contributed by atoms with Gasteiger partial charge in [-0.1, -0.05) is 30.3 Å². The van der Waals surface area contributed by atoms with Crippen LogP contribution in [0.2, 0.25) is 0 Å². The number of piperidine rings is 1. The molecule has 0 bridgehead atoms. The number of rotatable bonds is 6. The molecule has 1 saturated heterocycles. The van der Waals surface area contributed by atoms with Gasteiger partial charge in [-0.25, -0.2) is 0 Å². The number of methoxy groups -OCH3 is 1. The second-order valence-corrected chi connectivity index (χ2v) is 7.79. The second kappa shape index (κ2) is 9.20. The summed E-state index contributed by atoms with van der Waals surface area (Å²) >= 11 is 0. The Kier molecular flexibility index (Phi) is 6.21. The molecule has 0 spiro atoms. The maximum Gasteiger partial charge on any atom is 0.324 e. The average molecular weight is 421 g/mol. The van der Waals surface area contributed by atoms with E-state index in [0.717, 1.165) is 42.8 Å². The number of carbonyl (C=O) groups excluding carboxylic acids is 1. The topological polar surface area (TPSA) is 71.7 Å². The number of amides is 1. The molecule has 0 aliphatic carbocycles. The van der Waals surface area contributed by atoms with Gasteiger partial charge < -0.3 is 19.1 Å². The molecule has 2 heterocycles. The normalized spacial score (nSPS) is 16.2. The van der Waals surface area contributed by atoms with Gasteiger partial charge in [0.1, 0.15) is 5.75 Å². The number of aryl methyl sites for hydroxylation is 1. The maximum atomic E-state index is 13.3. The number of ether oxygens (including phenoxy) is 1.